The van der Waals surface area contributed by atoms with Crippen LogP contribution >= 0.6 is 11.6 Å². The number of benzene rings is 2. The Balaban J connectivity index is 2.26. The summed E-state index contributed by atoms with van der Waals surface area (Å²) in [6.07, 6.45) is 0. The fourth-order valence-corrected chi connectivity index (χ4v) is 2.55. The first-order valence-electron chi connectivity index (χ1n) is 6.67. The number of rotatable bonds is 2. The molecular formula is C17H15ClN2O. The Kier molecular flexibility index (Phi) is 3.52. The smallest absolute Gasteiger partial charge is 0.165 e. The predicted molar refractivity (Wildman–Crippen MR) is 86.0 cm³/mol. The molecule has 0 aliphatic carbocycles. The summed E-state index contributed by atoms with van der Waals surface area (Å²) in [6.45, 7) is 4.04. The third-order valence-electron chi connectivity index (χ3n) is 3.40. The van der Waals surface area contributed by atoms with Crippen molar-refractivity contribution < 1.29 is 4.74 Å². The number of halogens is 1. The average molecular weight is 299 g/mol. The maximum Gasteiger partial charge on any atom is 0.165 e. The van der Waals surface area contributed by atoms with Gasteiger partial charge in [0.1, 0.15) is 10.9 Å². The lowest BCUT2D eigenvalue weighted by molar-refractivity contribution is 0.416. The molecule has 3 nitrogen and oxygen atoms in total. The number of methoxy groups -OCH3 is 1. The highest BCUT2D eigenvalue weighted by Gasteiger charge is 2.12. The molecule has 0 bridgehead atoms. The minimum Gasteiger partial charge on any atom is -0.496 e. The van der Waals surface area contributed by atoms with Gasteiger partial charge in [0.2, 0.25) is 0 Å². The van der Waals surface area contributed by atoms with Crippen LogP contribution < -0.4 is 4.74 Å². The van der Waals surface area contributed by atoms with Gasteiger partial charge < -0.3 is 4.74 Å². The highest BCUT2D eigenvalue weighted by molar-refractivity contribution is 6.34. The Morgan fingerprint density at radius 3 is 2.43 bits per heavy atom. The van der Waals surface area contributed by atoms with Crippen molar-refractivity contribution in [3.05, 3.63) is 52.7 Å². The number of ether oxygens (including phenoxy) is 1. The van der Waals surface area contributed by atoms with Crippen LogP contribution in [0, 0.1) is 13.8 Å². The van der Waals surface area contributed by atoms with Gasteiger partial charge in [-0.2, -0.15) is 0 Å². The number of aromatic nitrogens is 2. The van der Waals surface area contributed by atoms with Gasteiger partial charge in [0, 0.05) is 5.39 Å². The maximum absolute atomic E-state index is 6.33. The van der Waals surface area contributed by atoms with Crippen LogP contribution in [0.2, 0.25) is 5.15 Å². The van der Waals surface area contributed by atoms with Crippen molar-refractivity contribution in [1.29, 1.82) is 0 Å². The van der Waals surface area contributed by atoms with E-state index in [1.54, 1.807) is 7.11 Å². The molecule has 0 aliphatic rings. The standard InChI is InChI=1S/C17H15ClN2O/c1-10-4-6-14-12(8-10)16(18)20-17(19-14)13-9-11(2)5-7-15(13)21-3/h4-9H,1-3H3. The average Bonchev–Trinajstić information content (AvgIpc) is 2.47. The largest absolute Gasteiger partial charge is 0.496 e. The first kappa shape index (κ1) is 13.8. The van der Waals surface area contributed by atoms with Gasteiger partial charge in [0.25, 0.3) is 0 Å². The number of nitrogens with zero attached hydrogens (tertiary/aromatic N) is 2. The van der Waals surface area contributed by atoms with Gasteiger partial charge >= 0.3 is 0 Å². The second kappa shape index (κ2) is 5.34. The number of hydrogen-bond donors (Lipinski definition) is 0. The van der Waals surface area contributed by atoms with Crippen molar-refractivity contribution >= 4 is 22.5 Å². The van der Waals surface area contributed by atoms with Crippen molar-refractivity contribution in [3.8, 4) is 17.1 Å². The van der Waals surface area contributed by atoms with E-state index in [1.165, 1.54) is 0 Å². The summed E-state index contributed by atoms with van der Waals surface area (Å²) in [5, 5.41) is 1.33. The third-order valence-corrected chi connectivity index (χ3v) is 3.69. The summed E-state index contributed by atoms with van der Waals surface area (Å²) in [4.78, 5) is 9.06. The summed E-state index contributed by atoms with van der Waals surface area (Å²) in [6, 6.07) is 11.9. The van der Waals surface area contributed by atoms with E-state index in [4.69, 9.17) is 16.3 Å². The summed E-state index contributed by atoms with van der Waals surface area (Å²) in [5.41, 5.74) is 3.93. The van der Waals surface area contributed by atoms with Crippen LogP contribution in [-0.4, -0.2) is 17.1 Å². The Bertz CT molecular complexity index is 830. The van der Waals surface area contributed by atoms with Gasteiger partial charge in [-0.25, -0.2) is 9.97 Å². The summed E-state index contributed by atoms with van der Waals surface area (Å²) >= 11 is 6.33. The van der Waals surface area contributed by atoms with Crippen LogP contribution in [0.3, 0.4) is 0 Å². The van der Waals surface area contributed by atoms with Crippen LogP contribution in [0.15, 0.2) is 36.4 Å². The zero-order valence-corrected chi connectivity index (χ0v) is 12.9. The molecule has 4 heteroatoms. The van der Waals surface area contributed by atoms with Gasteiger partial charge in [-0.1, -0.05) is 34.9 Å². The summed E-state index contributed by atoms with van der Waals surface area (Å²) in [5.74, 6) is 1.32. The van der Waals surface area contributed by atoms with Crippen molar-refractivity contribution in [3.63, 3.8) is 0 Å². The number of fused-ring (bicyclic) bond motifs is 1. The molecule has 0 atom stereocenters. The lowest BCUT2D eigenvalue weighted by Gasteiger charge is -2.10. The molecule has 1 heterocycles. The summed E-state index contributed by atoms with van der Waals surface area (Å²) < 4.78 is 5.40. The quantitative estimate of drug-likeness (QED) is 0.650. The van der Waals surface area contributed by atoms with E-state index in [2.05, 4.69) is 9.97 Å². The van der Waals surface area contributed by atoms with Gasteiger partial charge in [-0.15, -0.1) is 0 Å². The zero-order chi connectivity index (χ0) is 15.0. The Morgan fingerprint density at radius 1 is 0.952 bits per heavy atom. The molecule has 3 rings (SSSR count). The van der Waals surface area contributed by atoms with Gasteiger partial charge in [-0.05, 0) is 38.1 Å². The van der Waals surface area contributed by atoms with Crippen molar-refractivity contribution in [2.45, 2.75) is 13.8 Å². The first-order chi connectivity index (χ1) is 10.1. The molecule has 106 valence electrons. The molecular weight excluding hydrogens is 284 g/mol. The molecule has 0 spiro atoms. The molecule has 0 fully saturated rings. The topological polar surface area (TPSA) is 35.0 Å². The van der Waals surface area contributed by atoms with Crippen molar-refractivity contribution in [1.82, 2.24) is 9.97 Å². The van der Waals surface area contributed by atoms with Gasteiger partial charge in [0.05, 0.1) is 18.2 Å². The SMILES string of the molecule is COc1ccc(C)cc1-c1nc(Cl)c2cc(C)ccc2n1. The highest BCUT2D eigenvalue weighted by atomic mass is 35.5. The zero-order valence-electron chi connectivity index (χ0n) is 12.1. The van der Waals surface area contributed by atoms with E-state index in [0.29, 0.717) is 11.0 Å². The lowest BCUT2D eigenvalue weighted by Crippen LogP contribution is -1.96. The molecule has 0 amide bonds. The minimum atomic E-state index is 0.460. The molecule has 0 saturated carbocycles. The predicted octanol–water partition coefficient (Wildman–Crippen LogP) is 4.58. The minimum absolute atomic E-state index is 0.460. The Hall–Kier alpha value is -2.13. The van der Waals surface area contributed by atoms with Crippen LogP contribution in [0.4, 0.5) is 0 Å². The van der Waals surface area contributed by atoms with Crippen molar-refractivity contribution in [2.75, 3.05) is 7.11 Å². The molecule has 0 N–H and O–H groups in total. The second-order valence-corrected chi connectivity index (χ2v) is 5.42. The molecule has 2 aromatic carbocycles. The van der Waals surface area contributed by atoms with E-state index >= 15 is 0 Å². The van der Waals surface area contributed by atoms with E-state index in [0.717, 1.165) is 33.3 Å². The normalized spacial score (nSPS) is 10.9. The lowest BCUT2D eigenvalue weighted by atomic mass is 10.1. The summed E-state index contributed by atoms with van der Waals surface area (Å²) in [7, 11) is 1.64. The monoisotopic (exact) mass is 298 g/mol. The Morgan fingerprint density at radius 2 is 1.67 bits per heavy atom. The maximum atomic E-state index is 6.33. The van der Waals surface area contributed by atoms with Crippen LogP contribution in [0.25, 0.3) is 22.3 Å². The third kappa shape index (κ3) is 2.57. The molecule has 0 unspecified atom stereocenters. The number of aryl methyl sites for hydroxylation is 2. The fraction of sp³-hybridized carbons (Fsp3) is 0.176. The highest BCUT2D eigenvalue weighted by Crippen LogP contribution is 2.31. The molecule has 21 heavy (non-hydrogen) atoms. The Labute approximate surface area is 128 Å². The van der Waals surface area contributed by atoms with Crippen LogP contribution in [0.1, 0.15) is 11.1 Å². The van der Waals surface area contributed by atoms with E-state index in [1.807, 2.05) is 50.2 Å². The first-order valence-corrected chi connectivity index (χ1v) is 7.05. The molecule has 0 radical (unpaired) electrons. The van der Waals surface area contributed by atoms with Crippen LogP contribution in [-0.2, 0) is 0 Å². The molecule has 1 aromatic heterocycles. The van der Waals surface area contributed by atoms with E-state index in [9.17, 15) is 0 Å². The number of hydrogen-bond acceptors (Lipinski definition) is 3. The van der Waals surface area contributed by atoms with Crippen LogP contribution in [0.5, 0.6) is 5.75 Å². The van der Waals surface area contributed by atoms with Gasteiger partial charge in [-0.3, -0.25) is 0 Å². The second-order valence-electron chi connectivity index (χ2n) is 5.06. The molecule has 0 saturated heterocycles. The van der Waals surface area contributed by atoms with Crippen molar-refractivity contribution in [2.24, 2.45) is 0 Å². The van der Waals surface area contributed by atoms with E-state index in [-0.39, 0.29) is 0 Å². The molecule has 0 aliphatic heterocycles. The fourth-order valence-electron chi connectivity index (χ4n) is 2.32. The molecule has 3 aromatic rings. The van der Waals surface area contributed by atoms with Gasteiger partial charge in [0.15, 0.2) is 5.82 Å². The van der Waals surface area contributed by atoms with E-state index < -0.39 is 0 Å².